The van der Waals surface area contributed by atoms with E-state index in [2.05, 4.69) is 0 Å². The van der Waals surface area contributed by atoms with Gasteiger partial charge in [0, 0.05) is 33.1 Å². The van der Waals surface area contributed by atoms with Crippen LogP contribution in [0.1, 0.15) is 20.8 Å². The molecule has 0 N–H and O–H groups in total. The molecule has 7 heteroatoms. The maximum atomic E-state index is 12.5. The van der Waals surface area contributed by atoms with E-state index in [0.29, 0.717) is 6.54 Å². The van der Waals surface area contributed by atoms with Crippen LogP contribution in [-0.2, 0) is 23.1 Å². The van der Waals surface area contributed by atoms with Gasteiger partial charge in [0.1, 0.15) is 0 Å². The zero-order valence-electron chi connectivity index (χ0n) is 12.2. The first-order valence-corrected chi connectivity index (χ1v) is 7.23. The van der Waals surface area contributed by atoms with Crippen molar-refractivity contribution in [1.29, 1.82) is 0 Å². The molecule has 0 rings (SSSR count). The summed E-state index contributed by atoms with van der Waals surface area (Å²) in [7, 11) is 2.85. The molecule has 0 aromatic carbocycles. The predicted molar refractivity (Wildman–Crippen MR) is 69.5 cm³/mol. The third-order valence-electron chi connectivity index (χ3n) is 2.47. The Bertz CT molecular complexity index is 321. The SMILES string of the molecule is COP(=O)(OC)C(OC(C)=O)C(C)(C)CN(C)C. The highest BCUT2D eigenvalue weighted by atomic mass is 31.2. The molecular formula is C11H24NO5P. The average Bonchev–Trinajstić information content (AvgIpc) is 2.22. The smallest absolute Gasteiger partial charge is 0.371 e. The lowest BCUT2D eigenvalue weighted by atomic mass is 9.94. The van der Waals surface area contributed by atoms with Gasteiger partial charge in [0.05, 0.1) is 0 Å². The van der Waals surface area contributed by atoms with Crippen molar-refractivity contribution in [3.05, 3.63) is 0 Å². The van der Waals surface area contributed by atoms with Gasteiger partial charge < -0.3 is 18.7 Å². The summed E-state index contributed by atoms with van der Waals surface area (Å²) in [5.41, 5.74) is -0.573. The number of hydrogen-bond acceptors (Lipinski definition) is 6. The van der Waals surface area contributed by atoms with Crippen LogP contribution >= 0.6 is 7.60 Å². The van der Waals surface area contributed by atoms with Gasteiger partial charge in [-0.05, 0) is 14.1 Å². The fourth-order valence-corrected chi connectivity index (χ4v) is 3.72. The van der Waals surface area contributed by atoms with E-state index in [9.17, 15) is 9.36 Å². The Morgan fingerprint density at radius 2 is 1.72 bits per heavy atom. The number of rotatable bonds is 7. The standard InChI is InChI=1S/C11H24NO5P/c1-9(13)17-10(18(14,15-6)16-7)11(2,3)8-12(4)5/h10H,8H2,1-7H3. The fraction of sp³-hybridized carbons (Fsp3) is 0.909. The van der Waals surface area contributed by atoms with Crippen LogP contribution in [0.25, 0.3) is 0 Å². The highest BCUT2D eigenvalue weighted by molar-refractivity contribution is 7.54. The van der Waals surface area contributed by atoms with Crippen molar-refractivity contribution in [2.45, 2.75) is 26.6 Å². The van der Waals surface area contributed by atoms with Gasteiger partial charge in [-0.25, -0.2) is 0 Å². The largest absolute Gasteiger partial charge is 0.449 e. The van der Waals surface area contributed by atoms with Crippen LogP contribution in [0.15, 0.2) is 0 Å². The molecule has 0 aliphatic rings. The lowest BCUT2D eigenvalue weighted by Crippen LogP contribution is -2.41. The van der Waals surface area contributed by atoms with Crippen molar-refractivity contribution in [3.63, 3.8) is 0 Å². The lowest BCUT2D eigenvalue weighted by Gasteiger charge is -2.37. The first kappa shape index (κ1) is 17.6. The number of hydrogen-bond donors (Lipinski definition) is 0. The zero-order valence-corrected chi connectivity index (χ0v) is 13.1. The topological polar surface area (TPSA) is 65.1 Å². The Morgan fingerprint density at radius 1 is 1.28 bits per heavy atom. The number of nitrogens with zero attached hydrogens (tertiary/aromatic N) is 1. The van der Waals surface area contributed by atoms with Crippen LogP contribution in [0, 0.1) is 5.41 Å². The molecule has 1 unspecified atom stereocenters. The molecule has 0 spiro atoms. The molecular weight excluding hydrogens is 257 g/mol. The molecule has 0 bridgehead atoms. The third kappa shape index (κ3) is 4.69. The van der Waals surface area contributed by atoms with Gasteiger partial charge >= 0.3 is 13.6 Å². The van der Waals surface area contributed by atoms with Crippen molar-refractivity contribution in [2.75, 3.05) is 34.9 Å². The van der Waals surface area contributed by atoms with E-state index in [1.807, 2.05) is 32.8 Å². The summed E-state index contributed by atoms with van der Waals surface area (Å²) in [6.07, 6.45) is 0. The minimum Gasteiger partial charge on any atom is -0.449 e. The van der Waals surface area contributed by atoms with Crippen molar-refractivity contribution >= 4 is 13.6 Å². The second-order valence-electron chi connectivity index (χ2n) is 5.09. The van der Waals surface area contributed by atoms with Gasteiger partial charge in [0.2, 0.25) is 5.85 Å². The number of carbonyl (C=O) groups is 1. The fourth-order valence-electron chi connectivity index (χ4n) is 1.97. The van der Waals surface area contributed by atoms with Gasteiger partial charge in [-0.15, -0.1) is 0 Å². The van der Waals surface area contributed by atoms with Crippen LogP contribution < -0.4 is 0 Å². The molecule has 108 valence electrons. The Hall–Kier alpha value is -0.420. The molecule has 0 aromatic heterocycles. The molecule has 0 aromatic rings. The van der Waals surface area contributed by atoms with E-state index in [-0.39, 0.29) is 0 Å². The summed E-state index contributed by atoms with van der Waals surface area (Å²) in [6.45, 7) is 5.55. The van der Waals surface area contributed by atoms with E-state index in [4.69, 9.17) is 13.8 Å². The molecule has 0 saturated heterocycles. The minimum absolute atomic E-state index is 0.513. The van der Waals surface area contributed by atoms with Gasteiger partial charge in [-0.2, -0.15) is 0 Å². The number of carbonyl (C=O) groups excluding carboxylic acids is 1. The second kappa shape index (κ2) is 6.66. The van der Waals surface area contributed by atoms with Crippen molar-refractivity contribution in [1.82, 2.24) is 4.90 Å². The van der Waals surface area contributed by atoms with Crippen molar-refractivity contribution in [2.24, 2.45) is 5.41 Å². The van der Waals surface area contributed by atoms with E-state index < -0.39 is 24.8 Å². The van der Waals surface area contributed by atoms with Crippen molar-refractivity contribution in [3.8, 4) is 0 Å². The van der Waals surface area contributed by atoms with Crippen LogP contribution in [0.4, 0.5) is 0 Å². The van der Waals surface area contributed by atoms with Crippen LogP contribution in [0.5, 0.6) is 0 Å². The Morgan fingerprint density at radius 3 is 2.00 bits per heavy atom. The molecule has 0 heterocycles. The maximum absolute atomic E-state index is 12.5. The predicted octanol–water partition coefficient (Wildman–Crippen LogP) is 1.95. The molecule has 0 aliphatic carbocycles. The van der Waals surface area contributed by atoms with Crippen molar-refractivity contribution < 1.29 is 23.1 Å². The Balaban J connectivity index is 5.34. The Kier molecular flexibility index (Phi) is 6.51. The number of ether oxygens (including phenoxy) is 1. The van der Waals surface area contributed by atoms with E-state index in [0.717, 1.165) is 0 Å². The molecule has 0 fully saturated rings. The normalized spacial score (nSPS) is 14.7. The Labute approximate surface area is 109 Å². The summed E-state index contributed by atoms with van der Waals surface area (Å²) in [6, 6.07) is 0. The monoisotopic (exact) mass is 281 g/mol. The lowest BCUT2D eigenvalue weighted by molar-refractivity contribution is -0.148. The molecule has 0 radical (unpaired) electrons. The summed E-state index contributed by atoms with van der Waals surface area (Å²) < 4.78 is 27.6. The quantitative estimate of drug-likeness (QED) is 0.525. The highest BCUT2D eigenvalue weighted by Crippen LogP contribution is 2.58. The molecule has 6 nitrogen and oxygen atoms in total. The van der Waals surface area contributed by atoms with E-state index >= 15 is 0 Å². The van der Waals surface area contributed by atoms with E-state index in [1.54, 1.807) is 0 Å². The van der Waals surface area contributed by atoms with Crippen LogP contribution in [0.3, 0.4) is 0 Å². The average molecular weight is 281 g/mol. The molecule has 0 saturated carbocycles. The van der Waals surface area contributed by atoms with Gasteiger partial charge in [-0.1, -0.05) is 13.8 Å². The minimum atomic E-state index is -3.49. The van der Waals surface area contributed by atoms with Crippen LogP contribution in [-0.4, -0.2) is 51.6 Å². The second-order valence-corrected chi connectivity index (χ2v) is 7.37. The highest BCUT2D eigenvalue weighted by Gasteiger charge is 2.47. The van der Waals surface area contributed by atoms with Crippen LogP contribution in [0.2, 0.25) is 0 Å². The zero-order chi connectivity index (χ0) is 14.6. The molecule has 1 atom stereocenters. The van der Waals surface area contributed by atoms with Gasteiger partial charge in [0.15, 0.2) is 0 Å². The maximum Gasteiger partial charge on any atom is 0.371 e. The third-order valence-corrected chi connectivity index (χ3v) is 4.86. The molecule has 0 aliphatic heterocycles. The summed E-state index contributed by atoms with van der Waals surface area (Å²) in [5.74, 6) is -1.46. The summed E-state index contributed by atoms with van der Waals surface area (Å²) >= 11 is 0. The van der Waals surface area contributed by atoms with Gasteiger partial charge in [-0.3, -0.25) is 9.36 Å². The molecule has 0 amide bonds. The first-order valence-electron chi connectivity index (χ1n) is 5.62. The summed E-state index contributed by atoms with van der Waals surface area (Å²) in [5, 5.41) is 0. The summed E-state index contributed by atoms with van der Waals surface area (Å²) in [4.78, 5) is 13.1. The first-order chi connectivity index (χ1) is 8.09. The van der Waals surface area contributed by atoms with E-state index in [1.165, 1.54) is 21.1 Å². The number of esters is 1. The molecule has 18 heavy (non-hydrogen) atoms. The van der Waals surface area contributed by atoms with Gasteiger partial charge in [0.25, 0.3) is 0 Å².